The molecule has 3 rings (SSSR count). The van der Waals surface area contributed by atoms with Gasteiger partial charge < -0.3 is 25.1 Å². The number of aliphatic hydroxyl groups is 1. The highest BCUT2D eigenvalue weighted by molar-refractivity contribution is 4.89. The Hall–Kier alpha value is -0.200. The third-order valence-electron chi connectivity index (χ3n) is 2.52. The average Bonchev–Trinajstić information content (AvgIpc) is 2.18. The van der Waals surface area contributed by atoms with Gasteiger partial charge in [-0.05, 0) is 0 Å². The molecule has 3 heterocycles. The number of nitrogens with two attached hydrogens (primary N) is 1. The fraction of sp³-hybridized carbons (Fsp3) is 1.00. The molecule has 3 fully saturated rings. The van der Waals surface area contributed by atoms with Crippen LogP contribution in [0.3, 0.4) is 0 Å². The molecule has 1 atom stereocenters. The van der Waals surface area contributed by atoms with Gasteiger partial charge in [-0.2, -0.15) is 0 Å². The molecule has 5 nitrogen and oxygen atoms in total. The minimum absolute atomic E-state index is 0.0586. The second-order valence-corrected chi connectivity index (χ2v) is 4.07. The summed E-state index contributed by atoms with van der Waals surface area (Å²) >= 11 is 0. The van der Waals surface area contributed by atoms with Crippen LogP contribution < -0.4 is 5.73 Å². The van der Waals surface area contributed by atoms with Crippen LogP contribution in [-0.2, 0) is 14.2 Å². The van der Waals surface area contributed by atoms with Gasteiger partial charge in [0.15, 0.2) is 0 Å². The summed E-state index contributed by atoms with van der Waals surface area (Å²) in [4.78, 5) is 0. The molecule has 76 valence electrons. The Morgan fingerprint density at radius 3 is 2.15 bits per heavy atom. The zero-order valence-electron chi connectivity index (χ0n) is 7.66. The summed E-state index contributed by atoms with van der Waals surface area (Å²) in [6, 6.07) is -0.641. The smallest absolute Gasteiger partial charge is 0.301 e. The number of fused-ring (bicyclic) bond motifs is 3. The fourth-order valence-electron chi connectivity index (χ4n) is 1.51. The summed E-state index contributed by atoms with van der Waals surface area (Å²) in [6.45, 7) is 3.53. The molecule has 0 aromatic heterocycles. The Balaban J connectivity index is 2.11. The van der Waals surface area contributed by atoms with Gasteiger partial charge in [-0.1, -0.05) is 6.92 Å². The van der Waals surface area contributed by atoms with Crippen molar-refractivity contribution in [1.82, 2.24) is 0 Å². The molecular formula is C8H15NO4. The van der Waals surface area contributed by atoms with Crippen molar-refractivity contribution >= 4 is 0 Å². The third kappa shape index (κ3) is 1.37. The Bertz CT molecular complexity index is 184. The van der Waals surface area contributed by atoms with Crippen molar-refractivity contribution in [3.8, 4) is 0 Å². The van der Waals surface area contributed by atoms with E-state index in [0.717, 1.165) is 0 Å². The molecule has 5 heteroatoms. The Kier molecular flexibility index (Phi) is 2.08. The molecular weight excluding hydrogens is 174 g/mol. The van der Waals surface area contributed by atoms with Crippen LogP contribution in [0.25, 0.3) is 0 Å². The maximum Gasteiger partial charge on any atom is 0.301 e. The molecule has 0 saturated carbocycles. The number of hydrogen-bond donors (Lipinski definition) is 2. The van der Waals surface area contributed by atoms with Crippen molar-refractivity contribution in [2.45, 2.75) is 18.9 Å². The zero-order valence-corrected chi connectivity index (χ0v) is 7.66. The van der Waals surface area contributed by atoms with Crippen molar-refractivity contribution in [1.29, 1.82) is 0 Å². The van der Waals surface area contributed by atoms with Crippen LogP contribution in [-0.4, -0.2) is 43.5 Å². The van der Waals surface area contributed by atoms with Gasteiger partial charge in [-0.3, -0.25) is 0 Å². The third-order valence-corrected chi connectivity index (χ3v) is 2.52. The van der Waals surface area contributed by atoms with E-state index in [1.165, 1.54) is 0 Å². The Morgan fingerprint density at radius 1 is 1.31 bits per heavy atom. The van der Waals surface area contributed by atoms with E-state index < -0.39 is 12.0 Å². The van der Waals surface area contributed by atoms with Crippen LogP contribution in [0.4, 0.5) is 0 Å². The van der Waals surface area contributed by atoms with E-state index in [1.807, 2.05) is 6.92 Å². The van der Waals surface area contributed by atoms with Crippen molar-refractivity contribution in [3.05, 3.63) is 0 Å². The van der Waals surface area contributed by atoms with Crippen LogP contribution in [0.15, 0.2) is 0 Å². The van der Waals surface area contributed by atoms with Gasteiger partial charge in [-0.15, -0.1) is 0 Å². The average molecular weight is 189 g/mol. The molecule has 0 aromatic carbocycles. The lowest BCUT2D eigenvalue weighted by molar-refractivity contribution is -0.473. The summed E-state index contributed by atoms with van der Waals surface area (Å²) in [5.41, 5.74) is 5.58. The van der Waals surface area contributed by atoms with Crippen molar-refractivity contribution in [2.75, 3.05) is 26.4 Å². The lowest BCUT2D eigenvalue weighted by Gasteiger charge is -2.52. The van der Waals surface area contributed by atoms with Crippen molar-refractivity contribution in [2.24, 2.45) is 11.1 Å². The maximum absolute atomic E-state index is 8.90. The molecule has 3 N–H and O–H groups in total. The maximum atomic E-state index is 8.90. The van der Waals surface area contributed by atoms with Crippen LogP contribution in [0, 0.1) is 5.41 Å². The minimum Gasteiger partial charge on any atom is -0.394 e. The van der Waals surface area contributed by atoms with Crippen LogP contribution in [0.1, 0.15) is 6.92 Å². The first-order chi connectivity index (χ1) is 6.10. The normalized spacial score (nSPS) is 46.4. The SMILES string of the molecule is CC12COC(C(N)CO)(OC1)OC2. The van der Waals surface area contributed by atoms with Crippen molar-refractivity contribution < 1.29 is 19.3 Å². The lowest BCUT2D eigenvalue weighted by atomic mass is 9.91. The summed E-state index contributed by atoms with van der Waals surface area (Å²) in [6.07, 6.45) is 0. The fourth-order valence-corrected chi connectivity index (χ4v) is 1.51. The predicted octanol–water partition coefficient (Wildman–Crippen LogP) is -0.957. The Morgan fingerprint density at radius 2 is 1.77 bits per heavy atom. The number of ether oxygens (including phenoxy) is 3. The first kappa shape index (κ1) is 9.36. The van der Waals surface area contributed by atoms with E-state index in [0.29, 0.717) is 19.8 Å². The monoisotopic (exact) mass is 189 g/mol. The quantitative estimate of drug-likeness (QED) is 0.585. The highest BCUT2D eigenvalue weighted by atomic mass is 16.9. The van der Waals surface area contributed by atoms with Crippen LogP contribution in [0.2, 0.25) is 0 Å². The largest absolute Gasteiger partial charge is 0.394 e. The molecule has 13 heavy (non-hydrogen) atoms. The summed E-state index contributed by atoms with van der Waals surface area (Å²) in [5, 5.41) is 8.90. The number of aliphatic hydroxyl groups excluding tert-OH is 1. The summed E-state index contributed by atoms with van der Waals surface area (Å²) in [5.74, 6) is -1.20. The summed E-state index contributed by atoms with van der Waals surface area (Å²) < 4.78 is 16.2. The molecule has 0 radical (unpaired) electrons. The minimum atomic E-state index is -1.20. The molecule has 0 amide bonds. The Labute approximate surface area is 76.8 Å². The van der Waals surface area contributed by atoms with E-state index in [1.54, 1.807) is 0 Å². The highest BCUT2D eigenvalue weighted by Gasteiger charge is 2.53. The molecule has 0 spiro atoms. The van der Waals surface area contributed by atoms with Gasteiger partial charge in [0, 0.05) is 5.41 Å². The molecule has 3 aliphatic rings. The van der Waals surface area contributed by atoms with Gasteiger partial charge in [0.25, 0.3) is 0 Å². The number of hydrogen-bond acceptors (Lipinski definition) is 5. The highest BCUT2D eigenvalue weighted by Crippen LogP contribution is 2.38. The van der Waals surface area contributed by atoms with E-state index in [9.17, 15) is 0 Å². The van der Waals surface area contributed by atoms with Gasteiger partial charge in [0.1, 0.15) is 6.04 Å². The molecule has 1 unspecified atom stereocenters. The lowest BCUT2D eigenvalue weighted by Crippen LogP contribution is -2.66. The van der Waals surface area contributed by atoms with Crippen molar-refractivity contribution in [3.63, 3.8) is 0 Å². The zero-order chi connectivity index (χ0) is 9.53. The van der Waals surface area contributed by atoms with Gasteiger partial charge in [0.2, 0.25) is 0 Å². The van der Waals surface area contributed by atoms with E-state index in [2.05, 4.69) is 0 Å². The second-order valence-electron chi connectivity index (χ2n) is 4.07. The second kappa shape index (κ2) is 2.90. The van der Waals surface area contributed by atoms with E-state index >= 15 is 0 Å². The van der Waals surface area contributed by atoms with Gasteiger partial charge >= 0.3 is 5.97 Å². The van der Waals surface area contributed by atoms with E-state index in [4.69, 9.17) is 25.1 Å². The first-order valence-corrected chi connectivity index (χ1v) is 4.39. The predicted molar refractivity (Wildman–Crippen MR) is 43.8 cm³/mol. The molecule has 2 bridgehead atoms. The molecule has 0 aliphatic carbocycles. The van der Waals surface area contributed by atoms with Crippen LogP contribution >= 0.6 is 0 Å². The molecule has 3 aliphatic heterocycles. The number of rotatable bonds is 2. The van der Waals surface area contributed by atoms with Gasteiger partial charge in [0.05, 0.1) is 26.4 Å². The standard InChI is InChI=1S/C8H15NO4/c1-7-3-11-8(12-4-7,13-5-7)6(9)2-10/h6,10H,2-5,9H2,1H3. The van der Waals surface area contributed by atoms with Gasteiger partial charge in [-0.25, -0.2) is 0 Å². The van der Waals surface area contributed by atoms with Crippen LogP contribution in [0.5, 0.6) is 0 Å². The molecule has 0 aromatic rings. The van der Waals surface area contributed by atoms with E-state index in [-0.39, 0.29) is 12.0 Å². The topological polar surface area (TPSA) is 73.9 Å². The molecule has 3 saturated heterocycles. The summed E-state index contributed by atoms with van der Waals surface area (Å²) in [7, 11) is 0. The first-order valence-electron chi connectivity index (χ1n) is 4.39.